The van der Waals surface area contributed by atoms with Gasteiger partial charge in [0, 0.05) is 24.0 Å². The second-order valence-corrected chi connectivity index (χ2v) is 5.24. The zero-order valence-corrected chi connectivity index (χ0v) is 14.9. The van der Waals surface area contributed by atoms with Gasteiger partial charge in [-0.25, -0.2) is 4.79 Å². The molecule has 26 heavy (non-hydrogen) atoms. The van der Waals surface area contributed by atoms with Gasteiger partial charge in [0.2, 0.25) is 5.78 Å². The Labute approximate surface area is 150 Å². The van der Waals surface area contributed by atoms with E-state index in [4.69, 9.17) is 14.2 Å². The van der Waals surface area contributed by atoms with E-state index in [-0.39, 0.29) is 22.4 Å². The molecular formula is C19H19NO6. The zero-order chi connectivity index (χ0) is 19.3. The fourth-order valence-electron chi connectivity index (χ4n) is 2.45. The first-order valence-corrected chi connectivity index (χ1v) is 7.71. The average molecular weight is 357 g/mol. The van der Waals surface area contributed by atoms with Crippen LogP contribution in [-0.2, 0) is 4.74 Å². The van der Waals surface area contributed by atoms with E-state index in [0.29, 0.717) is 11.4 Å². The number of pyridine rings is 1. The van der Waals surface area contributed by atoms with E-state index in [1.54, 1.807) is 12.2 Å². The van der Waals surface area contributed by atoms with Gasteiger partial charge >= 0.3 is 5.97 Å². The molecule has 1 N–H and O–H groups in total. The van der Waals surface area contributed by atoms with Crippen LogP contribution < -0.4 is 14.9 Å². The van der Waals surface area contributed by atoms with E-state index in [9.17, 15) is 14.4 Å². The summed E-state index contributed by atoms with van der Waals surface area (Å²) in [4.78, 5) is 40.3. The van der Waals surface area contributed by atoms with Gasteiger partial charge in [-0.1, -0.05) is 6.08 Å². The van der Waals surface area contributed by atoms with Crippen LogP contribution in [-0.4, -0.2) is 38.1 Å². The number of hydrogen-bond acceptors (Lipinski definition) is 6. The highest BCUT2D eigenvalue weighted by Gasteiger charge is 2.26. The lowest BCUT2D eigenvalue weighted by atomic mass is 9.97. The minimum atomic E-state index is -0.743. The molecule has 0 fully saturated rings. The van der Waals surface area contributed by atoms with Crippen LogP contribution in [0.1, 0.15) is 38.9 Å². The van der Waals surface area contributed by atoms with Gasteiger partial charge in [-0.05, 0) is 19.1 Å². The quantitative estimate of drug-likeness (QED) is 0.630. The van der Waals surface area contributed by atoms with Crippen LogP contribution in [0.15, 0.2) is 35.3 Å². The number of allylic oxidation sites excluding steroid dienone is 1. The molecule has 7 heteroatoms. The standard InChI is InChI=1S/C19H19NO6/c1-5-6-11-7-15(21)14(10-20-11)18(22)17-13(19(23)26-4)8-12(24-2)9-16(17)25-3/h5-10H,1-4H3,(H,20,21)/b6-5+. The Morgan fingerprint density at radius 2 is 1.77 bits per heavy atom. The molecule has 0 aliphatic heterocycles. The molecule has 0 saturated carbocycles. The molecular weight excluding hydrogens is 338 g/mol. The largest absolute Gasteiger partial charge is 0.497 e. The minimum Gasteiger partial charge on any atom is -0.497 e. The lowest BCUT2D eigenvalue weighted by Crippen LogP contribution is -2.20. The van der Waals surface area contributed by atoms with Gasteiger partial charge in [0.15, 0.2) is 5.43 Å². The van der Waals surface area contributed by atoms with Crippen molar-refractivity contribution in [3.05, 3.63) is 63.1 Å². The highest BCUT2D eigenvalue weighted by atomic mass is 16.5. The highest BCUT2D eigenvalue weighted by Crippen LogP contribution is 2.31. The average Bonchev–Trinajstić information content (AvgIpc) is 2.66. The smallest absolute Gasteiger partial charge is 0.338 e. The molecule has 0 radical (unpaired) electrons. The Morgan fingerprint density at radius 1 is 1.04 bits per heavy atom. The maximum absolute atomic E-state index is 13.0. The molecule has 0 atom stereocenters. The summed E-state index contributed by atoms with van der Waals surface area (Å²) in [6, 6.07) is 4.13. The van der Waals surface area contributed by atoms with Crippen molar-refractivity contribution < 1.29 is 23.8 Å². The molecule has 0 spiro atoms. The fraction of sp³-hybridized carbons (Fsp3) is 0.211. The maximum atomic E-state index is 13.0. The summed E-state index contributed by atoms with van der Waals surface area (Å²) in [6.45, 7) is 1.81. The van der Waals surface area contributed by atoms with Crippen molar-refractivity contribution in [2.24, 2.45) is 0 Å². The van der Waals surface area contributed by atoms with Crippen molar-refractivity contribution in [3.63, 3.8) is 0 Å². The van der Waals surface area contributed by atoms with Crippen molar-refractivity contribution in [1.82, 2.24) is 4.98 Å². The molecule has 0 aliphatic carbocycles. The molecule has 2 rings (SSSR count). The number of rotatable bonds is 6. The van der Waals surface area contributed by atoms with E-state index >= 15 is 0 Å². The third kappa shape index (κ3) is 3.66. The third-order valence-electron chi connectivity index (χ3n) is 3.69. The lowest BCUT2D eigenvalue weighted by Gasteiger charge is -2.14. The van der Waals surface area contributed by atoms with Gasteiger partial charge in [-0.15, -0.1) is 0 Å². The number of ether oxygens (including phenoxy) is 3. The number of H-pyrrole nitrogens is 1. The van der Waals surface area contributed by atoms with E-state index < -0.39 is 17.2 Å². The molecule has 1 aromatic carbocycles. The summed E-state index contributed by atoms with van der Waals surface area (Å²) >= 11 is 0. The van der Waals surface area contributed by atoms with Gasteiger partial charge in [-0.3, -0.25) is 9.59 Å². The Morgan fingerprint density at radius 3 is 2.31 bits per heavy atom. The number of aromatic nitrogens is 1. The van der Waals surface area contributed by atoms with E-state index in [1.807, 2.05) is 6.92 Å². The van der Waals surface area contributed by atoms with E-state index in [0.717, 1.165) is 0 Å². The second-order valence-electron chi connectivity index (χ2n) is 5.24. The summed E-state index contributed by atoms with van der Waals surface area (Å²) in [7, 11) is 3.97. The van der Waals surface area contributed by atoms with E-state index in [2.05, 4.69) is 4.98 Å². The van der Waals surface area contributed by atoms with Crippen LogP contribution >= 0.6 is 0 Å². The minimum absolute atomic E-state index is 0.0503. The number of nitrogens with one attached hydrogen (secondary N) is 1. The van der Waals surface area contributed by atoms with Gasteiger partial charge < -0.3 is 19.2 Å². The molecule has 0 bridgehead atoms. The van der Waals surface area contributed by atoms with Crippen LogP contribution in [0.25, 0.3) is 6.08 Å². The number of benzene rings is 1. The number of ketones is 1. The number of carbonyl (C=O) groups excluding carboxylic acids is 2. The van der Waals surface area contributed by atoms with Crippen molar-refractivity contribution in [1.29, 1.82) is 0 Å². The molecule has 0 saturated heterocycles. The SMILES string of the molecule is C/C=C/c1cc(=O)c(C(=O)c2c(OC)cc(OC)cc2C(=O)OC)c[nH]1. The fourth-order valence-corrected chi connectivity index (χ4v) is 2.45. The summed E-state index contributed by atoms with van der Waals surface area (Å²) in [5.74, 6) is -0.978. The third-order valence-corrected chi connectivity index (χ3v) is 3.69. The first-order chi connectivity index (χ1) is 12.5. The van der Waals surface area contributed by atoms with Crippen molar-refractivity contribution in [3.8, 4) is 11.5 Å². The number of carbonyl (C=O) groups is 2. The monoisotopic (exact) mass is 357 g/mol. The van der Waals surface area contributed by atoms with Crippen molar-refractivity contribution in [2.75, 3.05) is 21.3 Å². The Balaban J connectivity index is 2.68. The highest BCUT2D eigenvalue weighted by molar-refractivity contribution is 6.16. The van der Waals surface area contributed by atoms with Gasteiger partial charge in [0.05, 0.1) is 38.0 Å². The number of aromatic amines is 1. The van der Waals surface area contributed by atoms with Gasteiger partial charge in [-0.2, -0.15) is 0 Å². The molecule has 2 aromatic rings. The summed E-state index contributed by atoms with van der Waals surface area (Å²) < 4.78 is 15.1. The predicted octanol–water partition coefficient (Wildman–Crippen LogP) is 2.44. The second kappa shape index (κ2) is 8.15. The van der Waals surface area contributed by atoms with Crippen LogP contribution in [0.2, 0.25) is 0 Å². The maximum Gasteiger partial charge on any atom is 0.338 e. The predicted molar refractivity (Wildman–Crippen MR) is 96.1 cm³/mol. The lowest BCUT2D eigenvalue weighted by molar-refractivity contribution is 0.0596. The number of hydrogen-bond donors (Lipinski definition) is 1. The first kappa shape index (κ1) is 19.0. The molecule has 0 aliphatic rings. The molecule has 7 nitrogen and oxygen atoms in total. The molecule has 136 valence electrons. The Hall–Kier alpha value is -3.35. The Kier molecular flexibility index (Phi) is 5.95. The van der Waals surface area contributed by atoms with Crippen molar-refractivity contribution in [2.45, 2.75) is 6.92 Å². The summed E-state index contributed by atoms with van der Waals surface area (Å²) in [5.41, 5.74) is -0.151. The first-order valence-electron chi connectivity index (χ1n) is 7.71. The molecule has 0 unspecified atom stereocenters. The normalized spacial score (nSPS) is 10.6. The summed E-state index contributed by atoms with van der Waals surface area (Å²) in [5, 5.41) is 0. The van der Waals surface area contributed by atoms with Crippen molar-refractivity contribution >= 4 is 17.8 Å². The Bertz CT molecular complexity index is 926. The van der Waals surface area contributed by atoms with Crippen LogP contribution in [0, 0.1) is 0 Å². The zero-order valence-electron chi connectivity index (χ0n) is 14.9. The van der Waals surface area contributed by atoms with Crippen LogP contribution in [0.4, 0.5) is 0 Å². The van der Waals surface area contributed by atoms with Crippen LogP contribution in [0.3, 0.4) is 0 Å². The van der Waals surface area contributed by atoms with Gasteiger partial charge in [0.25, 0.3) is 0 Å². The van der Waals surface area contributed by atoms with E-state index in [1.165, 1.54) is 45.7 Å². The number of methoxy groups -OCH3 is 3. The number of esters is 1. The molecule has 1 aromatic heterocycles. The van der Waals surface area contributed by atoms with Crippen LogP contribution in [0.5, 0.6) is 11.5 Å². The summed E-state index contributed by atoms with van der Waals surface area (Å²) in [6.07, 6.45) is 4.77. The molecule has 0 amide bonds. The molecule has 1 heterocycles. The topological polar surface area (TPSA) is 94.7 Å². The van der Waals surface area contributed by atoms with Gasteiger partial charge in [0.1, 0.15) is 11.5 Å².